The zero-order chi connectivity index (χ0) is 15.4. The molecular weight excluding hydrogens is 304 g/mol. The van der Waals surface area contributed by atoms with Crippen molar-refractivity contribution in [1.29, 1.82) is 0 Å². The molecule has 2 atom stereocenters. The van der Waals surface area contributed by atoms with Gasteiger partial charge in [0, 0.05) is 29.6 Å². The van der Waals surface area contributed by atoms with Crippen LogP contribution in [0.3, 0.4) is 0 Å². The van der Waals surface area contributed by atoms with Gasteiger partial charge in [0.2, 0.25) is 5.91 Å². The summed E-state index contributed by atoms with van der Waals surface area (Å²) in [6, 6.07) is 12.2. The topological polar surface area (TPSA) is 41.1 Å². The highest BCUT2D eigenvalue weighted by molar-refractivity contribution is 7.16. The van der Waals surface area contributed by atoms with E-state index in [1.165, 1.54) is 11.8 Å². The van der Waals surface area contributed by atoms with Crippen LogP contribution in [0.25, 0.3) is 0 Å². The fourth-order valence-electron chi connectivity index (χ4n) is 2.20. The highest BCUT2D eigenvalue weighted by atomic mass is 35.5. The largest absolute Gasteiger partial charge is 0.326 e. The minimum atomic E-state index is -0.0608. The van der Waals surface area contributed by atoms with Gasteiger partial charge in [0.25, 0.3) is 0 Å². The molecule has 0 aliphatic carbocycles. The molecule has 0 bridgehead atoms. The molecule has 2 N–H and O–H groups in total. The smallest absolute Gasteiger partial charge is 0.221 e. The number of carbonyl (C=O) groups excluding carboxylic acids is 1. The first-order chi connectivity index (χ1) is 9.95. The summed E-state index contributed by atoms with van der Waals surface area (Å²) >= 11 is 7.57. The minimum Gasteiger partial charge on any atom is -0.326 e. The van der Waals surface area contributed by atoms with Crippen LogP contribution in [0.5, 0.6) is 0 Å². The molecule has 0 fully saturated rings. The van der Waals surface area contributed by atoms with Crippen molar-refractivity contribution in [3.8, 4) is 0 Å². The zero-order valence-electron chi connectivity index (χ0n) is 12.3. The van der Waals surface area contributed by atoms with E-state index in [1.807, 2.05) is 30.3 Å². The van der Waals surface area contributed by atoms with Gasteiger partial charge in [-0.3, -0.25) is 4.79 Å². The highest BCUT2D eigenvalue weighted by Gasteiger charge is 2.13. The molecule has 5 heteroatoms. The Bertz CT molecular complexity index is 626. The van der Waals surface area contributed by atoms with Crippen molar-refractivity contribution in [2.75, 3.05) is 5.32 Å². The van der Waals surface area contributed by atoms with E-state index in [-0.39, 0.29) is 18.0 Å². The molecule has 2 aromatic rings. The summed E-state index contributed by atoms with van der Waals surface area (Å²) in [6.45, 7) is 5.74. The summed E-state index contributed by atoms with van der Waals surface area (Å²) in [4.78, 5) is 12.3. The van der Waals surface area contributed by atoms with Gasteiger partial charge in [-0.25, -0.2) is 0 Å². The number of hydrogen-bond acceptors (Lipinski definition) is 3. The Morgan fingerprint density at radius 2 is 1.95 bits per heavy atom. The lowest BCUT2D eigenvalue weighted by Crippen LogP contribution is -2.22. The Balaban J connectivity index is 2.05. The Labute approximate surface area is 134 Å². The maximum Gasteiger partial charge on any atom is 0.221 e. The molecule has 112 valence electrons. The van der Waals surface area contributed by atoms with Gasteiger partial charge in [0.15, 0.2) is 0 Å². The van der Waals surface area contributed by atoms with Gasteiger partial charge >= 0.3 is 0 Å². The third-order valence-corrected chi connectivity index (χ3v) is 4.64. The van der Waals surface area contributed by atoms with Crippen LogP contribution in [0.4, 0.5) is 5.69 Å². The first-order valence-electron chi connectivity index (χ1n) is 6.84. The quantitative estimate of drug-likeness (QED) is 0.832. The third kappa shape index (κ3) is 4.56. The Morgan fingerprint density at radius 3 is 2.57 bits per heavy atom. The highest BCUT2D eigenvalue weighted by Crippen LogP contribution is 2.28. The molecule has 0 aliphatic heterocycles. The van der Waals surface area contributed by atoms with E-state index in [2.05, 4.69) is 30.5 Å². The number of thiophene rings is 1. The van der Waals surface area contributed by atoms with Gasteiger partial charge in [-0.2, -0.15) is 0 Å². The van der Waals surface area contributed by atoms with Gasteiger partial charge in [0.1, 0.15) is 0 Å². The van der Waals surface area contributed by atoms with Crippen LogP contribution >= 0.6 is 22.9 Å². The Kier molecular flexibility index (Phi) is 5.39. The van der Waals surface area contributed by atoms with Gasteiger partial charge < -0.3 is 10.6 Å². The number of rotatable bonds is 5. The average molecular weight is 323 g/mol. The summed E-state index contributed by atoms with van der Waals surface area (Å²) in [5.41, 5.74) is 1.95. The van der Waals surface area contributed by atoms with E-state index >= 15 is 0 Å². The lowest BCUT2D eigenvalue weighted by Gasteiger charge is -2.20. The number of benzene rings is 1. The van der Waals surface area contributed by atoms with Crippen molar-refractivity contribution in [3.05, 3.63) is 51.2 Å². The predicted molar refractivity (Wildman–Crippen MR) is 90.0 cm³/mol. The van der Waals surface area contributed by atoms with Gasteiger partial charge in [0.05, 0.1) is 4.34 Å². The van der Waals surface area contributed by atoms with Crippen LogP contribution in [0.1, 0.15) is 43.3 Å². The summed E-state index contributed by atoms with van der Waals surface area (Å²) in [7, 11) is 0. The minimum absolute atomic E-state index is 0.0608. The maximum atomic E-state index is 11.1. The fraction of sp³-hybridized carbons (Fsp3) is 0.312. The molecule has 0 saturated carbocycles. The Hall–Kier alpha value is -1.36. The maximum absolute atomic E-state index is 11.1. The molecule has 2 rings (SSSR count). The number of halogens is 1. The van der Waals surface area contributed by atoms with Gasteiger partial charge in [-0.15, -0.1) is 11.3 Å². The van der Waals surface area contributed by atoms with Crippen LogP contribution in [-0.4, -0.2) is 5.91 Å². The molecule has 1 aromatic heterocycles. The van der Waals surface area contributed by atoms with E-state index in [9.17, 15) is 4.79 Å². The standard InChI is InChI=1S/C16H19ClN2OS/c1-10(18-11(2)15-7-8-16(17)21-15)13-5-4-6-14(9-13)19-12(3)20/h4-11,18H,1-3H3,(H,19,20). The van der Waals surface area contributed by atoms with Crippen LogP contribution < -0.4 is 10.6 Å². The Morgan fingerprint density at radius 1 is 1.19 bits per heavy atom. The third-order valence-electron chi connectivity index (χ3n) is 3.23. The van der Waals surface area contributed by atoms with E-state index in [4.69, 9.17) is 11.6 Å². The molecule has 3 nitrogen and oxygen atoms in total. The van der Waals surface area contributed by atoms with E-state index in [0.717, 1.165) is 15.6 Å². The molecule has 1 amide bonds. The lowest BCUT2D eigenvalue weighted by atomic mass is 10.1. The molecule has 0 radical (unpaired) electrons. The van der Waals surface area contributed by atoms with Crippen LogP contribution in [0.2, 0.25) is 4.34 Å². The van der Waals surface area contributed by atoms with Crippen LogP contribution in [-0.2, 0) is 4.79 Å². The SMILES string of the molecule is CC(=O)Nc1cccc(C(C)NC(C)c2ccc(Cl)s2)c1. The van der Waals surface area contributed by atoms with Gasteiger partial charge in [-0.1, -0.05) is 23.7 Å². The molecular formula is C16H19ClN2OS. The molecule has 1 aromatic carbocycles. The first-order valence-corrected chi connectivity index (χ1v) is 8.04. The van der Waals surface area contributed by atoms with Crippen molar-refractivity contribution in [2.45, 2.75) is 32.9 Å². The van der Waals surface area contributed by atoms with E-state index in [0.29, 0.717) is 0 Å². The van der Waals surface area contributed by atoms with Crippen molar-refractivity contribution in [3.63, 3.8) is 0 Å². The number of amides is 1. The normalized spacial score (nSPS) is 13.7. The second-order valence-corrected chi connectivity index (χ2v) is 6.81. The van der Waals surface area contributed by atoms with Crippen molar-refractivity contribution in [1.82, 2.24) is 5.32 Å². The second kappa shape index (κ2) is 7.07. The predicted octanol–water partition coefficient (Wildman–Crippen LogP) is 4.77. The number of anilines is 1. The van der Waals surface area contributed by atoms with Crippen molar-refractivity contribution < 1.29 is 4.79 Å². The van der Waals surface area contributed by atoms with Crippen LogP contribution in [0, 0.1) is 0 Å². The molecule has 0 aliphatic rings. The number of carbonyl (C=O) groups is 1. The summed E-state index contributed by atoms with van der Waals surface area (Å²) in [5, 5.41) is 6.35. The fourth-order valence-corrected chi connectivity index (χ4v) is 3.28. The van der Waals surface area contributed by atoms with Crippen molar-refractivity contribution >= 4 is 34.5 Å². The van der Waals surface area contributed by atoms with Gasteiger partial charge in [-0.05, 0) is 43.7 Å². The molecule has 2 unspecified atom stereocenters. The number of nitrogens with one attached hydrogen (secondary N) is 2. The monoisotopic (exact) mass is 322 g/mol. The molecule has 0 spiro atoms. The summed E-state index contributed by atoms with van der Waals surface area (Å²) in [5.74, 6) is -0.0608. The second-order valence-electron chi connectivity index (χ2n) is 5.06. The summed E-state index contributed by atoms with van der Waals surface area (Å²) in [6.07, 6.45) is 0. The lowest BCUT2D eigenvalue weighted by molar-refractivity contribution is -0.114. The van der Waals surface area contributed by atoms with E-state index < -0.39 is 0 Å². The number of hydrogen-bond donors (Lipinski definition) is 2. The summed E-state index contributed by atoms with van der Waals surface area (Å²) < 4.78 is 0.805. The molecule has 0 saturated heterocycles. The van der Waals surface area contributed by atoms with Crippen LogP contribution in [0.15, 0.2) is 36.4 Å². The first kappa shape index (κ1) is 16.0. The average Bonchev–Trinajstić information content (AvgIpc) is 2.85. The van der Waals surface area contributed by atoms with Crippen molar-refractivity contribution in [2.24, 2.45) is 0 Å². The molecule has 1 heterocycles. The zero-order valence-corrected chi connectivity index (χ0v) is 13.9. The molecule has 21 heavy (non-hydrogen) atoms. The van der Waals surface area contributed by atoms with E-state index in [1.54, 1.807) is 11.3 Å².